The van der Waals surface area contributed by atoms with Crippen LogP contribution in [0.5, 0.6) is 0 Å². The van der Waals surface area contributed by atoms with Crippen molar-refractivity contribution in [2.75, 3.05) is 11.9 Å². The first-order valence-corrected chi connectivity index (χ1v) is 11.3. The normalized spacial score (nSPS) is 10.9. The molecule has 0 radical (unpaired) electrons. The van der Waals surface area contributed by atoms with Gasteiger partial charge in [0.15, 0.2) is 12.4 Å². The van der Waals surface area contributed by atoms with Crippen molar-refractivity contribution in [2.45, 2.75) is 6.92 Å². The minimum Gasteiger partial charge on any atom is -0.452 e. The van der Waals surface area contributed by atoms with Crippen LogP contribution in [0.25, 0.3) is 22.3 Å². The minimum atomic E-state index is -0.647. The van der Waals surface area contributed by atoms with Gasteiger partial charge >= 0.3 is 5.97 Å². The molecule has 170 valence electrons. The smallest absolute Gasteiger partial charge is 0.331 e. The van der Waals surface area contributed by atoms with Gasteiger partial charge in [0.1, 0.15) is 5.69 Å². The Hall–Kier alpha value is -4.30. The summed E-state index contributed by atoms with van der Waals surface area (Å²) in [6.45, 7) is 1.04. The number of Topliss-reactive ketones (excluding diaryl/α,β-unsaturated/α-hetero) is 1. The number of esters is 1. The Balaban J connectivity index is 1.40. The van der Waals surface area contributed by atoms with Crippen LogP contribution < -0.4 is 5.32 Å². The highest BCUT2D eigenvalue weighted by Crippen LogP contribution is 2.28. The molecule has 0 aliphatic rings. The molecule has 7 nitrogen and oxygen atoms in total. The molecule has 0 saturated heterocycles. The molecule has 1 amide bonds. The molecule has 0 aliphatic carbocycles. The lowest BCUT2D eigenvalue weighted by atomic mass is 10.1. The number of anilines is 1. The van der Waals surface area contributed by atoms with Crippen molar-refractivity contribution >= 4 is 40.8 Å². The second kappa shape index (κ2) is 10.5. The van der Waals surface area contributed by atoms with Crippen molar-refractivity contribution in [1.29, 1.82) is 0 Å². The van der Waals surface area contributed by atoms with Gasteiger partial charge in [0.25, 0.3) is 5.91 Å². The largest absolute Gasteiger partial charge is 0.452 e. The number of hydrogen-bond acceptors (Lipinski definition) is 6. The quantitative estimate of drug-likeness (QED) is 0.222. The summed E-state index contributed by atoms with van der Waals surface area (Å²) in [5.41, 5.74) is 3.45. The van der Waals surface area contributed by atoms with Crippen molar-refractivity contribution in [3.8, 4) is 16.3 Å². The van der Waals surface area contributed by atoms with E-state index >= 15 is 0 Å². The average molecular weight is 472 g/mol. The summed E-state index contributed by atoms with van der Waals surface area (Å²) in [4.78, 5) is 36.6. The van der Waals surface area contributed by atoms with Gasteiger partial charge in [-0.25, -0.2) is 9.48 Å². The number of nitrogens with one attached hydrogen (secondary N) is 1. The summed E-state index contributed by atoms with van der Waals surface area (Å²) in [6, 6.07) is 20.1. The molecular weight excluding hydrogens is 450 g/mol. The number of hydrogen-bond donors (Lipinski definition) is 1. The summed E-state index contributed by atoms with van der Waals surface area (Å²) in [5.74, 6) is -1.18. The van der Waals surface area contributed by atoms with Crippen LogP contribution in [0.15, 0.2) is 84.4 Å². The van der Waals surface area contributed by atoms with Crippen LogP contribution in [-0.4, -0.2) is 34.0 Å². The Morgan fingerprint density at radius 3 is 2.47 bits per heavy atom. The molecule has 0 aliphatic heterocycles. The van der Waals surface area contributed by atoms with Gasteiger partial charge in [-0.05, 0) is 60.8 Å². The summed E-state index contributed by atoms with van der Waals surface area (Å²) >= 11 is 1.55. The van der Waals surface area contributed by atoms with E-state index in [9.17, 15) is 14.4 Å². The topological polar surface area (TPSA) is 90.3 Å². The van der Waals surface area contributed by atoms with Gasteiger partial charge in [-0.2, -0.15) is 5.10 Å². The lowest BCUT2D eigenvalue weighted by Crippen LogP contribution is -2.20. The molecule has 0 bridgehead atoms. The van der Waals surface area contributed by atoms with Crippen LogP contribution in [0.4, 0.5) is 5.69 Å². The van der Waals surface area contributed by atoms with Crippen molar-refractivity contribution in [3.63, 3.8) is 0 Å². The third-order valence-corrected chi connectivity index (χ3v) is 5.71. The van der Waals surface area contributed by atoms with E-state index in [0.29, 0.717) is 11.3 Å². The van der Waals surface area contributed by atoms with Gasteiger partial charge in [0, 0.05) is 29.1 Å². The molecule has 2 heterocycles. The van der Waals surface area contributed by atoms with E-state index in [1.54, 1.807) is 46.4 Å². The van der Waals surface area contributed by atoms with Crippen LogP contribution in [0.1, 0.15) is 22.8 Å². The first kappa shape index (κ1) is 22.9. The van der Waals surface area contributed by atoms with Gasteiger partial charge in [-0.3, -0.25) is 9.59 Å². The van der Waals surface area contributed by atoms with Crippen LogP contribution in [-0.2, 0) is 14.3 Å². The van der Waals surface area contributed by atoms with Crippen molar-refractivity contribution in [1.82, 2.24) is 9.78 Å². The zero-order chi connectivity index (χ0) is 23.9. The van der Waals surface area contributed by atoms with E-state index < -0.39 is 18.5 Å². The number of carbonyl (C=O) groups is 3. The molecule has 0 saturated carbocycles. The summed E-state index contributed by atoms with van der Waals surface area (Å²) in [7, 11) is 0. The molecular formula is C26H21N3O4S. The third-order valence-electron chi connectivity index (χ3n) is 4.84. The number of nitrogens with zero attached hydrogens (tertiary/aromatic N) is 2. The first-order chi connectivity index (χ1) is 16.5. The predicted octanol–water partition coefficient (Wildman–Crippen LogP) is 5.00. The second-order valence-electron chi connectivity index (χ2n) is 7.31. The highest BCUT2D eigenvalue weighted by molar-refractivity contribution is 7.13. The summed E-state index contributed by atoms with van der Waals surface area (Å²) in [5, 5.41) is 9.26. The monoisotopic (exact) mass is 471 g/mol. The fraction of sp³-hybridized carbons (Fsp3) is 0.0769. The number of rotatable bonds is 8. The Morgan fingerprint density at radius 2 is 1.79 bits per heavy atom. The number of ether oxygens (including phenoxy) is 1. The molecule has 0 unspecified atom stereocenters. The van der Waals surface area contributed by atoms with E-state index in [1.807, 2.05) is 54.0 Å². The number of para-hydroxylation sites is 1. The third kappa shape index (κ3) is 5.73. The van der Waals surface area contributed by atoms with Crippen molar-refractivity contribution < 1.29 is 19.1 Å². The number of aromatic nitrogens is 2. The lowest BCUT2D eigenvalue weighted by molar-refractivity contribution is -0.142. The van der Waals surface area contributed by atoms with E-state index in [1.165, 1.54) is 13.0 Å². The van der Waals surface area contributed by atoms with E-state index in [2.05, 4.69) is 10.4 Å². The molecule has 0 atom stereocenters. The molecule has 1 N–H and O–H groups in total. The Kier molecular flexibility index (Phi) is 7.10. The highest BCUT2D eigenvalue weighted by atomic mass is 32.1. The molecule has 4 rings (SSSR count). The lowest BCUT2D eigenvalue weighted by Gasteiger charge is -2.06. The zero-order valence-corrected chi connectivity index (χ0v) is 19.1. The van der Waals surface area contributed by atoms with Gasteiger partial charge in [-0.1, -0.05) is 24.3 Å². The summed E-state index contributed by atoms with van der Waals surface area (Å²) in [6.07, 6.45) is 4.74. The van der Waals surface area contributed by atoms with Gasteiger partial charge < -0.3 is 10.1 Å². The molecule has 8 heteroatoms. The van der Waals surface area contributed by atoms with Gasteiger partial charge in [0.05, 0.1) is 10.6 Å². The van der Waals surface area contributed by atoms with E-state index in [0.717, 1.165) is 21.8 Å². The zero-order valence-electron chi connectivity index (χ0n) is 18.3. The average Bonchev–Trinajstić information content (AvgIpc) is 3.52. The number of thiophene rings is 1. The van der Waals surface area contributed by atoms with Gasteiger partial charge in [0.2, 0.25) is 0 Å². The molecule has 34 heavy (non-hydrogen) atoms. The maximum absolute atomic E-state index is 12.2. The predicted molar refractivity (Wildman–Crippen MR) is 132 cm³/mol. The van der Waals surface area contributed by atoms with Crippen LogP contribution >= 0.6 is 11.3 Å². The SMILES string of the molecule is CC(=O)c1ccc(NC(=O)COC(=O)/C=C/c2cn(-c3ccccc3)nc2-c2cccs2)cc1. The molecule has 2 aromatic heterocycles. The van der Waals surface area contributed by atoms with Gasteiger partial charge in [-0.15, -0.1) is 11.3 Å². The highest BCUT2D eigenvalue weighted by Gasteiger charge is 2.12. The minimum absolute atomic E-state index is 0.0601. The first-order valence-electron chi connectivity index (χ1n) is 10.4. The van der Waals surface area contributed by atoms with Crippen molar-refractivity contribution in [3.05, 3.63) is 95.5 Å². The molecule has 4 aromatic rings. The maximum Gasteiger partial charge on any atom is 0.331 e. The van der Waals surface area contributed by atoms with Crippen LogP contribution in [0, 0.1) is 0 Å². The summed E-state index contributed by atoms with van der Waals surface area (Å²) < 4.78 is 6.82. The standard InChI is InChI=1S/C26H21N3O4S/c1-18(30)19-9-12-21(13-10-19)27-24(31)17-33-25(32)14-11-20-16-29(22-6-3-2-4-7-22)28-26(20)23-8-5-15-34-23/h2-16H,17H2,1H3,(H,27,31)/b14-11+. The fourth-order valence-corrected chi connectivity index (χ4v) is 3.89. The maximum atomic E-state index is 12.2. The number of amides is 1. The Morgan fingerprint density at radius 1 is 1.03 bits per heavy atom. The number of ketones is 1. The second-order valence-corrected chi connectivity index (χ2v) is 8.26. The van der Waals surface area contributed by atoms with E-state index in [-0.39, 0.29) is 5.78 Å². The molecule has 2 aromatic carbocycles. The Bertz CT molecular complexity index is 1320. The molecule has 0 spiro atoms. The van der Waals surface area contributed by atoms with Crippen LogP contribution in [0.3, 0.4) is 0 Å². The molecule has 0 fully saturated rings. The van der Waals surface area contributed by atoms with Crippen LogP contribution in [0.2, 0.25) is 0 Å². The fourth-order valence-electron chi connectivity index (χ4n) is 3.15. The number of benzene rings is 2. The number of carbonyl (C=O) groups excluding carboxylic acids is 3. The Labute approximate surface area is 200 Å². The van der Waals surface area contributed by atoms with E-state index in [4.69, 9.17) is 4.74 Å². The van der Waals surface area contributed by atoms with Crippen molar-refractivity contribution in [2.24, 2.45) is 0 Å².